The standard InChI is InChI=1S/C26H33N7O/c1-17-23-24(30-25(27-17)33-18(2)28-20-8-4-5-9-21(20)33)31(3)22(29-23)16-32-14-10-19(11-15-32)26(34)12-6-7-13-26/h4-5,8-9,19,34H,6-7,10-16H2,1-3H3. The van der Waals surface area contributed by atoms with Crippen molar-refractivity contribution in [2.24, 2.45) is 13.0 Å². The molecule has 1 saturated carbocycles. The second kappa shape index (κ2) is 8.13. The minimum absolute atomic E-state index is 0.414. The maximum atomic E-state index is 11.0. The largest absolute Gasteiger partial charge is 0.390 e. The van der Waals surface area contributed by atoms with Crippen molar-refractivity contribution in [1.29, 1.82) is 0 Å². The first-order chi connectivity index (χ1) is 16.4. The van der Waals surface area contributed by atoms with Gasteiger partial charge in [0.05, 0.1) is 28.9 Å². The third kappa shape index (κ3) is 3.51. The molecule has 2 fully saturated rings. The minimum Gasteiger partial charge on any atom is -0.390 e. The Morgan fingerprint density at radius 1 is 1.00 bits per heavy atom. The van der Waals surface area contributed by atoms with Crippen LogP contribution in [0.4, 0.5) is 0 Å². The zero-order chi connectivity index (χ0) is 23.4. The highest BCUT2D eigenvalue weighted by molar-refractivity contribution is 5.79. The van der Waals surface area contributed by atoms with Gasteiger partial charge in [0.1, 0.15) is 17.2 Å². The summed E-state index contributed by atoms with van der Waals surface area (Å²) in [5, 5.41) is 11.0. The molecule has 1 saturated heterocycles. The van der Waals surface area contributed by atoms with Crippen LogP contribution in [0.1, 0.15) is 55.9 Å². The van der Waals surface area contributed by atoms with Gasteiger partial charge in [0, 0.05) is 7.05 Å². The Kier molecular flexibility index (Phi) is 5.18. The third-order valence-electron chi connectivity index (χ3n) is 8.08. The first-order valence-corrected chi connectivity index (χ1v) is 12.5. The van der Waals surface area contributed by atoms with Crippen molar-refractivity contribution in [2.75, 3.05) is 13.1 Å². The van der Waals surface area contributed by atoms with Crippen LogP contribution < -0.4 is 0 Å². The highest BCUT2D eigenvalue weighted by Gasteiger charge is 2.40. The lowest BCUT2D eigenvalue weighted by atomic mass is 9.79. The topological polar surface area (TPSA) is 84.9 Å². The van der Waals surface area contributed by atoms with Crippen molar-refractivity contribution < 1.29 is 5.11 Å². The Labute approximate surface area is 199 Å². The van der Waals surface area contributed by atoms with Crippen molar-refractivity contribution in [2.45, 2.75) is 64.5 Å². The monoisotopic (exact) mass is 459 g/mol. The molecule has 0 amide bonds. The van der Waals surface area contributed by atoms with E-state index < -0.39 is 5.60 Å². The van der Waals surface area contributed by atoms with Crippen LogP contribution in [0.2, 0.25) is 0 Å². The predicted octanol–water partition coefficient (Wildman–Crippen LogP) is 3.84. The van der Waals surface area contributed by atoms with E-state index in [0.717, 1.165) is 84.9 Å². The van der Waals surface area contributed by atoms with Crippen LogP contribution in [-0.2, 0) is 13.6 Å². The van der Waals surface area contributed by atoms with E-state index in [9.17, 15) is 5.11 Å². The summed E-state index contributed by atoms with van der Waals surface area (Å²) in [4.78, 5) is 21.8. The van der Waals surface area contributed by atoms with E-state index in [0.29, 0.717) is 11.9 Å². The van der Waals surface area contributed by atoms with Crippen LogP contribution >= 0.6 is 0 Å². The fourth-order valence-electron chi connectivity index (χ4n) is 6.09. The average Bonchev–Trinajstić information content (AvgIpc) is 3.51. The highest BCUT2D eigenvalue weighted by atomic mass is 16.3. The average molecular weight is 460 g/mol. The lowest BCUT2D eigenvalue weighted by Crippen LogP contribution is -2.43. The normalized spacial score (nSPS) is 19.5. The minimum atomic E-state index is -0.414. The molecule has 0 bridgehead atoms. The summed E-state index contributed by atoms with van der Waals surface area (Å²) in [6, 6.07) is 8.08. The van der Waals surface area contributed by atoms with Gasteiger partial charge in [0.2, 0.25) is 5.95 Å². The summed E-state index contributed by atoms with van der Waals surface area (Å²) in [5.74, 6) is 2.95. The van der Waals surface area contributed by atoms with Crippen molar-refractivity contribution in [3.63, 3.8) is 0 Å². The molecule has 0 spiro atoms. The molecule has 0 unspecified atom stereocenters. The second-order valence-electron chi connectivity index (χ2n) is 10.2. The van der Waals surface area contributed by atoms with Crippen molar-refractivity contribution in [1.82, 2.24) is 34.0 Å². The number of para-hydroxylation sites is 2. The van der Waals surface area contributed by atoms with Gasteiger partial charge in [0.15, 0.2) is 5.65 Å². The molecule has 6 rings (SSSR count). The molecule has 1 aromatic carbocycles. The van der Waals surface area contributed by atoms with E-state index in [4.69, 9.17) is 15.0 Å². The number of likely N-dealkylation sites (tertiary alicyclic amines) is 1. The molecular formula is C26H33N7O. The number of hydrogen-bond donors (Lipinski definition) is 1. The maximum Gasteiger partial charge on any atom is 0.237 e. The Bertz CT molecular complexity index is 1360. The van der Waals surface area contributed by atoms with Crippen LogP contribution in [0.3, 0.4) is 0 Å². The Hall–Kier alpha value is -2.84. The lowest BCUT2D eigenvalue weighted by Gasteiger charge is -2.39. The van der Waals surface area contributed by atoms with E-state index >= 15 is 0 Å². The molecular weight excluding hydrogens is 426 g/mol. The number of hydrogen-bond acceptors (Lipinski definition) is 6. The van der Waals surface area contributed by atoms with Gasteiger partial charge >= 0.3 is 0 Å². The van der Waals surface area contributed by atoms with Crippen molar-refractivity contribution in [3.8, 4) is 5.95 Å². The van der Waals surface area contributed by atoms with E-state index in [1.165, 1.54) is 12.8 Å². The third-order valence-corrected chi connectivity index (χ3v) is 8.08. The smallest absolute Gasteiger partial charge is 0.237 e. The molecule has 1 N–H and O–H groups in total. The summed E-state index contributed by atoms with van der Waals surface area (Å²) < 4.78 is 4.13. The van der Waals surface area contributed by atoms with E-state index in [-0.39, 0.29) is 0 Å². The van der Waals surface area contributed by atoms with Crippen molar-refractivity contribution in [3.05, 3.63) is 41.6 Å². The Morgan fingerprint density at radius 2 is 1.74 bits per heavy atom. The molecule has 0 radical (unpaired) electrons. The van der Waals surface area contributed by atoms with Crippen LogP contribution in [-0.4, -0.2) is 57.8 Å². The number of fused-ring (bicyclic) bond motifs is 2. The molecule has 178 valence electrons. The first kappa shape index (κ1) is 21.7. The fraction of sp³-hybridized carbons (Fsp3) is 0.538. The van der Waals surface area contributed by atoms with Gasteiger partial charge in [-0.3, -0.25) is 9.47 Å². The zero-order valence-corrected chi connectivity index (χ0v) is 20.3. The highest BCUT2D eigenvalue weighted by Crippen LogP contribution is 2.40. The predicted molar refractivity (Wildman–Crippen MR) is 132 cm³/mol. The molecule has 1 aliphatic heterocycles. The summed E-state index contributed by atoms with van der Waals surface area (Å²) in [6.07, 6.45) is 6.44. The quantitative estimate of drug-likeness (QED) is 0.499. The van der Waals surface area contributed by atoms with Crippen molar-refractivity contribution >= 4 is 22.2 Å². The molecule has 4 aromatic rings. The van der Waals surface area contributed by atoms with Gasteiger partial charge in [-0.1, -0.05) is 25.0 Å². The summed E-state index contributed by atoms with van der Waals surface area (Å²) in [7, 11) is 2.05. The summed E-state index contributed by atoms with van der Waals surface area (Å²) in [5.41, 5.74) is 4.12. The van der Waals surface area contributed by atoms with Crippen LogP contribution in [0.5, 0.6) is 0 Å². The number of benzene rings is 1. The van der Waals surface area contributed by atoms with Gasteiger partial charge < -0.3 is 9.67 Å². The zero-order valence-electron chi connectivity index (χ0n) is 20.3. The Balaban J connectivity index is 1.27. The maximum absolute atomic E-state index is 11.0. The molecule has 3 aromatic heterocycles. The van der Waals surface area contributed by atoms with E-state index in [1.807, 2.05) is 43.7 Å². The molecule has 1 aliphatic carbocycles. The number of aliphatic hydroxyl groups is 1. The van der Waals surface area contributed by atoms with Gasteiger partial charge in [-0.15, -0.1) is 0 Å². The number of imidazole rings is 2. The van der Waals surface area contributed by atoms with Gasteiger partial charge in [0.25, 0.3) is 0 Å². The van der Waals surface area contributed by atoms with Crippen LogP contribution in [0, 0.1) is 19.8 Å². The Morgan fingerprint density at radius 3 is 2.50 bits per heavy atom. The summed E-state index contributed by atoms with van der Waals surface area (Å²) >= 11 is 0. The molecule has 0 atom stereocenters. The van der Waals surface area contributed by atoms with Crippen LogP contribution in [0.15, 0.2) is 24.3 Å². The van der Waals surface area contributed by atoms with Crippen LogP contribution in [0.25, 0.3) is 28.1 Å². The summed E-state index contributed by atoms with van der Waals surface area (Å²) in [6.45, 7) is 6.80. The van der Waals surface area contributed by atoms with E-state index in [1.54, 1.807) is 0 Å². The number of rotatable bonds is 4. The molecule has 2 aliphatic rings. The molecule has 4 heterocycles. The van der Waals surface area contributed by atoms with E-state index in [2.05, 4.69) is 20.5 Å². The number of nitrogens with zero attached hydrogens (tertiary/aromatic N) is 7. The molecule has 8 heteroatoms. The molecule has 8 nitrogen and oxygen atoms in total. The first-order valence-electron chi connectivity index (χ1n) is 12.5. The SMILES string of the molecule is Cc1nc(-n2c(C)nc3ccccc32)nc2c1nc(CN1CCC(C3(O)CCCC3)CC1)n2C. The second-order valence-corrected chi connectivity index (χ2v) is 10.2. The number of aromatic nitrogens is 6. The fourth-order valence-corrected chi connectivity index (χ4v) is 6.09. The van der Waals surface area contributed by atoms with Gasteiger partial charge in [-0.05, 0) is 70.7 Å². The van der Waals surface area contributed by atoms with Gasteiger partial charge in [-0.25, -0.2) is 15.0 Å². The number of piperidine rings is 1. The lowest BCUT2D eigenvalue weighted by molar-refractivity contribution is -0.0385. The number of aryl methyl sites for hydroxylation is 3. The molecule has 34 heavy (non-hydrogen) atoms. The van der Waals surface area contributed by atoms with Gasteiger partial charge in [-0.2, -0.15) is 4.98 Å².